The van der Waals surface area contributed by atoms with Crippen molar-refractivity contribution >= 4 is 56.0 Å². The first-order chi connectivity index (χ1) is 18.2. The van der Waals surface area contributed by atoms with Crippen LogP contribution in [0.2, 0.25) is 0 Å². The molecule has 0 aromatic heterocycles. The first kappa shape index (κ1) is 26.1. The number of rotatable bonds is 6. The van der Waals surface area contributed by atoms with E-state index in [0.29, 0.717) is 22.7 Å². The maximum Gasteiger partial charge on any atom is 0.416 e. The lowest BCUT2D eigenvalue weighted by atomic mass is 10.1. The van der Waals surface area contributed by atoms with Crippen molar-refractivity contribution in [2.45, 2.75) is 24.4 Å². The van der Waals surface area contributed by atoms with Crippen molar-refractivity contribution in [2.24, 2.45) is 4.99 Å². The highest BCUT2D eigenvalue weighted by atomic mass is 79.9. The molecule has 2 amide bonds. The molecule has 0 spiro atoms. The van der Waals surface area contributed by atoms with Crippen LogP contribution in [0, 0.1) is 0 Å². The van der Waals surface area contributed by atoms with Crippen LogP contribution in [0.15, 0.2) is 76.2 Å². The second-order valence-corrected chi connectivity index (χ2v) is 10.5. The third-order valence-corrected chi connectivity index (χ3v) is 7.34. The van der Waals surface area contributed by atoms with Crippen LogP contribution in [-0.2, 0) is 22.3 Å². The van der Waals surface area contributed by atoms with Gasteiger partial charge in [-0.1, -0.05) is 45.9 Å². The number of benzene rings is 3. The number of amides is 2. The summed E-state index contributed by atoms with van der Waals surface area (Å²) in [6, 6.07) is 16.8. The Balaban J connectivity index is 1.40. The van der Waals surface area contributed by atoms with Gasteiger partial charge in [0.05, 0.1) is 17.8 Å². The molecular weight excluding hydrogens is 587 g/mol. The van der Waals surface area contributed by atoms with E-state index in [2.05, 4.69) is 26.2 Å². The standard InChI is InChI=1S/C26H19BrF3N3O4S/c27-17-4-2-6-19(11-17)31-23(34)12-22-24(35)33(13-15-7-8-20-21(9-15)37-14-36-20)25(38-22)32-18-5-1-3-16(10-18)26(28,29)30/h1-11,22H,12-14H2,(H,31,34)/t22-/m1/s1. The van der Waals surface area contributed by atoms with Crippen LogP contribution in [0.1, 0.15) is 17.5 Å². The average Bonchev–Trinajstić information content (AvgIpc) is 3.44. The summed E-state index contributed by atoms with van der Waals surface area (Å²) in [5.74, 6) is 0.360. The number of hydrogen-bond acceptors (Lipinski definition) is 6. The minimum atomic E-state index is -4.53. The number of aliphatic imine (C=N–C) groups is 1. The van der Waals surface area contributed by atoms with Gasteiger partial charge in [-0.25, -0.2) is 4.99 Å². The second kappa shape index (κ2) is 10.7. The zero-order chi connectivity index (χ0) is 26.9. The summed E-state index contributed by atoms with van der Waals surface area (Å²) in [5.41, 5.74) is 0.472. The molecule has 38 heavy (non-hydrogen) atoms. The van der Waals surface area contributed by atoms with Crippen molar-refractivity contribution in [1.29, 1.82) is 0 Å². The molecule has 196 valence electrons. The first-order valence-electron chi connectivity index (χ1n) is 11.3. The van der Waals surface area contributed by atoms with Crippen molar-refractivity contribution in [3.63, 3.8) is 0 Å². The molecule has 7 nitrogen and oxygen atoms in total. The van der Waals surface area contributed by atoms with Crippen LogP contribution in [0.3, 0.4) is 0 Å². The Hall–Kier alpha value is -3.51. The molecule has 3 aromatic rings. The molecule has 0 radical (unpaired) electrons. The van der Waals surface area contributed by atoms with Gasteiger partial charge >= 0.3 is 6.18 Å². The Morgan fingerprint density at radius 2 is 1.87 bits per heavy atom. The zero-order valence-electron chi connectivity index (χ0n) is 19.5. The minimum Gasteiger partial charge on any atom is -0.454 e. The smallest absolute Gasteiger partial charge is 0.416 e. The van der Waals surface area contributed by atoms with Gasteiger partial charge < -0.3 is 14.8 Å². The molecule has 2 heterocycles. The van der Waals surface area contributed by atoms with E-state index in [1.54, 1.807) is 36.4 Å². The quantitative estimate of drug-likeness (QED) is 0.354. The Morgan fingerprint density at radius 1 is 1.08 bits per heavy atom. The second-order valence-electron chi connectivity index (χ2n) is 8.42. The molecule has 1 saturated heterocycles. The highest BCUT2D eigenvalue weighted by Gasteiger charge is 2.39. The van der Waals surface area contributed by atoms with E-state index in [4.69, 9.17) is 9.47 Å². The van der Waals surface area contributed by atoms with Crippen LogP contribution in [0.5, 0.6) is 11.5 Å². The summed E-state index contributed by atoms with van der Waals surface area (Å²) in [7, 11) is 0. The molecule has 1 fully saturated rings. The molecule has 0 unspecified atom stereocenters. The number of carbonyl (C=O) groups is 2. The summed E-state index contributed by atoms with van der Waals surface area (Å²) in [6.07, 6.45) is -4.68. The number of hydrogen-bond donors (Lipinski definition) is 1. The number of thioether (sulfide) groups is 1. The minimum absolute atomic E-state index is 0.0463. The predicted molar refractivity (Wildman–Crippen MR) is 140 cm³/mol. The van der Waals surface area contributed by atoms with Crippen LogP contribution in [-0.4, -0.2) is 33.9 Å². The van der Waals surface area contributed by atoms with E-state index in [1.807, 2.05) is 6.07 Å². The topological polar surface area (TPSA) is 80.2 Å². The first-order valence-corrected chi connectivity index (χ1v) is 13.0. The van der Waals surface area contributed by atoms with Crippen molar-refractivity contribution in [3.8, 4) is 11.5 Å². The molecular formula is C26H19BrF3N3O4S. The average molecular weight is 606 g/mol. The van der Waals surface area contributed by atoms with Crippen molar-refractivity contribution in [2.75, 3.05) is 12.1 Å². The number of nitrogens with one attached hydrogen (secondary N) is 1. The third kappa shape index (κ3) is 5.97. The van der Waals surface area contributed by atoms with Crippen molar-refractivity contribution in [1.82, 2.24) is 4.90 Å². The summed E-state index contributed by atoms with van der Waals surface area (Å²) in [5, 5.41) is 2.16. The van der Waals surface area contributed by atoms with E-state index in [1.165, 1.54) is 17.0 Å². The molecule has 1 N–H and O–H groups in total. The number of nitrogens with zero attached hydrogens (tertiary/aromatic N) is 2. The Bertz CT molecular complexity index is 1430. The lowest BCUT2D eigenvalue weighted by Gasteiger charge is -2.17. The fourth-order valence-electron chi connectivity index (χ4n) is 3.90. The Kier molecular flexibility index (Phi) is 7.35. The van der Waals surface area contributed by atoms with Crippen molar-refractivity contribution < 1.29 is 32.2 Å². The maximum atomic E-state index is 13.4. The van der Waals surface area contributed by atoms with E-state index in [-0.39, 0.29) is 42.4 Å². The monoisotopic (exact) mass is 605 g/mol. The van der Waals surface area contributed by atoms with Gasteiger partial charge in [-0.15, -0.1) is 0 Å². The molecule has 1 atom stereocenters. The van der Waals surface area contributed by atoms with Gasteiger partial charge in [-0.2, -0.15) is 13.2 Å². The van der Waals surface area contributed by atoms with Gasteiger partial charge in [-0.05, 0) is 54.1 Å². The number of ether oxygens (including phenoxy) is 2. The predicted octanol–water partition coefficient (Wildman–Crippen LogP) is 6.36. The van der Waals surface area contributed by atoms with Crippen LogP contribution >= 0.6 is 27.7 Å². The number of amidine groups is 1. The van der Waals surface area contributed by atoms with Crippen LogP contribution < -0.4 is 14.8 Å². The van der Waals surface area contributed by atoms with Gasteiger partial charge in [0.2, 0.25) is 18.6 Å². The summed E-state index contributed by atoms with van der Waals surface area (Å²) in [4.78, 5) is 31.9. The molecule has 0 saturated carbocycles. The Labute approximate surface area is 228 Å². The fraction of sp³-hybridized carbons (Fsp3) is 0.192. The largest absolute Gasteiger partial charge is 0.454 e. The van der Waals surface area contributed by atoms with E-state index >= 15 is 0 Å². The fourth-order valence-corrected chi connectivity index (χ4v) is 5.46. The summed E-state index contributed by atoms with van der Waals surface area (Å²) in [6.45, 7) is 0.179. The van der Waals surface area contributed by atoms with Gasteiger partial charge in [-0.3, -0.25) is 14.5 Å². The van der Waals surface area contributed by atoms with E-state index < -0.39 is 17.0 Å². The SMILES string of the molecule is O=C(C[C@H]1SC(=Nc2cccc(C(F)(F)F)c2)N(Cc2ccc3c(c2)OCO3)C1=O)Nc1cccc(Br)c1. The maximum absolute atomic E-state index is 13.4. The number of halogens is 4. The molecule has 2 aliphatic rings. The van der Waals surface area contributed by atoms with Gasteiger partial charge in [0, 0.05) is 16.6 Å². The van der Waals surface area contributed by atoms with Crippen molar-refractivity contribution in [3.05, 3.63) is 82.3 Å². The zero-order valence-corrected chi connectivity index (χ0v) is 21.9. The number of fused-ring (bicyclic) bond motifs is 1. The van der Waals surface area contributed by atoms with Crippen LogP contribution in [0.4, 0.5) is 24.5 Å². The van der Waals surface area contributed by atoms with Gasteiger partial charge in [0.25, 0.3) is 0 Å². The third-order valence-electron chi connectivity index (χ3n) is 5.68. The molecule has 5 rings (SSSR count). The Morgan fingerprint density at radius 3 is 2.66 bits per heavy atom. The van der Waals surface area contributed by atoms with E-state index in [9.17, 15) is 22.8 Å². The van der Waals surface area contributed by atoms with Crippen LogP contribution in [0.25, 0.3) is 0 Å². The molecule has 0 aliphatic carbocycles. The summed E-state index contributed by atoms with van der Waals surface area (Å²) >= 11 is 4.39. The molecule has 0 bridgehead atoms. The molecule has 2 aliphatic heterocycles. The van der Waals surface area contributed by atoms with Gasteiger partial charge in [0.1, 0.15) is 5.25 Å². The van der Waals surface area contributed by atoms with Gasteiger partial charge in [0.15, 0.2) is 16.7 Å². The molecule has 3 aromatic carbocycles. The number of carbonyl (C=O) groups excluding carboxylic acids is 2. The van der Waals surface area contributed by atoms with E-state index in [0.717, 1.165) is 28.4 Å². The highest BCUT2D eigenvalue weighted by molar-refractivity contribution is 9.10. The summed E-state index contributed by atoms with van der Waals surface area (Å²) < 4.78 is 51.2. The highest BCUT2D eigenvalue weighted by Crippen LogP contribution is 2.37. The number of anilines is 1. The lowest BCUT2D eigenvalue weighted by Crippen LogP contribution is -2.33. The lowest BCUT2D eigenvalue weighted by molar-refractivity contribution is -0.137. The number of alkyl halides is 3. The molecule has 12 heteroatoms. The normalized spacial score (nSPS) is 17.8.